The molecule has 19 heavy (non-hydrogen) atoms. The summed E-state index contributed by atoms with van der Waals surface area (Å²) in [6.07, 6.45) is 2.89. The SMILES string of the molecule is CCc1nn(C)cc1NC(C)c1ccc(Cl)c(Cl)c1. The zero-order valence-corrected chi connectivity index (χ0v) is 12.8. The maximum atomic E-state index is 6.05. The van der Waals surface area contributed by atoms with E-state index in [-0.39, 0.29) is 6.04 Å². The van der Waals surface area contributed by atoms with E-state index in [0.717, 1.165) is 23.4 Å². The first-order chi connectivity index (χ1) is 9.01. The molecule has 1 aromatic heterocycles. The molecule has 0 bridgehead atoms. The third-order valence-corrected chi connectivity index (χ3v) is 3.79. The van der Waals surface area contributed by atoms with Gasteiger partial charge in [-0.1, -0.05) is 36.2 Å². The fourth-order valence-electron chi connectivity index (χ4n) is 2.01. The first-order valence-electron chi connectivity index (χ1n) is 6.25. The highest BCUT2D eigenvalue weighted by atomic mass is 35.5. The number of nitrogens with one attached hydrogen (secondary N) is 1. The van der Waals surface area contributed by atoms with E-state index in [1.165, 1.54) is 0 Å². The molecule has 1 aromatic carbocycles. The van der Waals surface area contributed by atoms with Gasteiger partial charge in [-0.25, -0.2) is 0 Å². The van der Waals surface area contributed by atoms with E-state index >= 15 is 0 Å². The van der Waals surface area contributed by atoms with Gasteiger partial charge in [-0.3, -0.25) is 4.68 Å². The van der Waals surface area contributed by atoms with Gasteiger partial charge in [0.15, 0.2) is 0 Å². The fraction of sp³-hybridized carbons (Fsp3) is 0.357. The summed E-state index contributed by atoms with van der Waals surface area (Å²) in [5, 5.41) is 9.03. The zero-order valence-electron chi connectivity index (χ0n) is 11.2. The number of rotatable bonds is 4. The zero-order chi connectivity index (χ0) is 14.0. The van der Waals surface area contributed by atoms with E-state index in [1.807, 2.05) is 36.1 Å². The fourth-order valence-corrected chi connectivity index (χ4v) is 2.32. The van der Waals surface area contributed by atoms with Gasteiger partial charge in [0.05, 0.1) is 21.4 Å². The molecule has 3 nitrogen and oxygen atoms in total. The lowest BCUT2D eigenvalue weighted by Crippen LogP contribution is -2.07. The summed E-state index contributed by atoms with van der Waals surface area (Å²) in [5.74, 6) is 0. The quantitative estimate of drug-likeness (QED) is 0.903. The highest BCUT2D eigenvalue weighted by molar-refractivity contribution is 6.42. The molecule has 0 aliphatic rings. The molecule has 0 spiro atoms. The van der Waals surface area contributed by atoms with Crippen LogP contribution in [0.4, 0.5) is 5.69 Å². The summed E-state index contributed by atoms with van der Waals surface area (Å²) in [6, 6.07) is 5.84. The first-order valence-corrected chi connectivity index (χ1v) is 7.00. The molecule has 2 aromatic rings. The van der Waals surface area contributed by atoms with Crippen LogP contribution in [0.25, 0.3) is 0 Å². The van der Waals surface area contributed by atoms with E-state index in [0.29, 0.717) is 10.0 Å². The van der Waals surface area contributed by atoms with Crippen LogP contribution < -0.4 is 5.32 Å². The minimum absolute atomic E-state index is 0.143. The van der Waals surface area contributed by atoms with Gasteiger partial charge in [0.25, 0.3) is 0 Å². The van der Waals surface area contributed by atoms with E-state index in [2.05, 4.69) is 24.3 Å². The summed E-state index contributed by atoms with van der Waals surface area (Å²) in [7, 11) is 1.92. The predicted molar refractivity (Wildman–Crippen MR) is 81.1 cm³/mol. The molecule has 5 heteroatoms. The van der Waals surface area contributed by atoms with Crippen molar-refractivity contribution in [3.63, 3.8) is 0 Å². The lowest BCUT2D eigenvalue weighted by molar-refractivity contribution is 0.746. The smallest absolute Gasteiger partial charge is 0.0853 e. The Morgan fingerprint density at radius 2 is 2.05 bits per heavy atom. The van der Waals surface area contributed by atoms with E-state index in [9.17, 15) is 0 Å². The van der Waals surface area contributed by atoms with Crippen LogP contribution in [0, 0.1) is 0 Å². The second-order valence-electron chi connectivity index (χ2n) is 4.56. The second-order valence-corrected chi connectivity index (χ2v) is 5.37. The second kappa shape index (κ2) is 5.85. The van der Waals surface area contributed by atoms with Gasteiger partial charge in [0.1, 0.15) is 0 Å². The lowest BCUT2D eigenvalue weighted by Gasteiger charge is -2.15. The number of aromatic nitrogens is 2. The molecule has 0 fully saturated rings. The van der Waals surface area contributed by atoms with Gasteiger partial charge >= 0.3 is 0 Å². The van der Waals surface area contributed by atoms with Gasteiger partial charge in [-0.2, -0.15) is 5.10 Å². The van der Waals surface area contributed by atoms with Crippen LogP contribution in [-0.2, 0) is 13.5 Å². The molecule has 1 atom stereocenters. The average molecular weight is 298 g/mol. The molecule has 0 aliphatic carbocycles. The Labute approximate surface area is 123 Å². The van der Waals surface area contributed by atoms with E-state index < -0.39 is 0 Å². The van der Waals surface area contributed by atoms with Gasteiger partial charge < -0.3 is 5.32 Å². The monoisotopic (exact) mass is 297 g/mol. The molecule has 0 saturated heterocycles. The molecule has 0 radical (unpaired) electrons. The molecule has 0 aliphatic heterocycles. The van der Waals surface area contributed by atoms with Gasteiger partial charge in [0.2, 0.25) is 0 Å². The minimum atomic E-state index is 0.143. The third kappa shape index (κ3) is 3.23. The molecule has 0 amide bonds. The molecule has 1 unspecified atom stereocenters. The number of benzene rings is 1. The van der Waals surface area contributed by atoms with Crippen molar-refractivity contribution >= 4 is 28.9 Å². The third-order valence-electron chi connectivity index (χ3n) is 3.06. The van der Waals surface area contributed by atoms with Crippen LogP contribution >= 0.6 is 23.2 Å². The summed E-state index contributed by atoms with van der Waals surface area (Å²) < 4.78 is 1.82. The van der Waals surface area contributed by atoms with Crippen LogP contribution in [0.2, 0.25) is 10.0 Å². The Hall–Kier alpha value is -1.19. The maximum absolute atomic E-state index is 6.05. The molecular formula is C14H17Cl2N3. The van der Waals surface area contributed by atoms with E-state index in [1.54, 1.807) is 0 Å². The number of hydrogen-bond acceptors (Lipinski definition) is 2. The lowest BCUT2D eigenvalue weighted by atomic mass is 10.1. The summed E-state index contributed by atoms with van der Waals surface area (Å²) in [5.41, 5.74) is 3.22. The van der Waals surface area contributed by atoms with Crippen molar-refractivity contribution in [2.45, 2.75) is 26.3 Å². The number of nitrogens with zero attached hydrogens (tertiary/aromatic N) is 2. The maximum Gasteiger partial charge on any atom is 0.0853 e. The highest BCUT2D eigenvalue weighted by Crippen LogP contribution is 2.28. The van der Waals surface area contributed by atoms with Crippen molar-refractivity contribution in [2.75, 3.05) is 5.32 Å². The molecule has 102 valence electrons. The van der Waals surface area contributed by atoms with Crippen LogP contribution in [0.15, 0.2) is 24.4 Å². The predicted octanol–water partition coefficient (Wildman–Crippen LogP) is 4.46. The Bertz CT molecular complexity index is 578. The number of halogens is 2. The Morgan fingerprint density at radius 1 is 1.32 bits per heavy atom. The van der Waals surface area contributed by atoms with Crippen molar-refractivity contribution in [3.05, 3.63) is 45.7 Å². The normalized spacial score (nSPS) is 12.5. The largest absolute Gasteiger partial charge is 0.376 e. The van der Waals surface area contributed by atoms with Crippen molar-refractivity contribution in [1.82, 2.24) is 9.78 Å². The molecule has 1 N–H and O–H groups in total. The summed E-state index contributed by atoms with van der Waals surface area (Å²) in [6.45, 7) is 4.18. The Morgan fingerprint density at radius 3 is 2.68 bits per heavy atom. The van der Waals surface area contributed by atoms with Crippen molar-refractivity contribution < 1.29 is 0 Å². The van der Waals surface area contributed by atoms with Crippen LogP contribution in [-0.4, -0.2) is 9.78 Å². The average Bonchev–Trinajstić information content (AvgIpc) is 2.72. The summed E-state index contributed by atoms with van der Waals surface area (Å²) in [4.78, 5) is 0. The molecular weight excluding hydrogens is 281 g/mol. The Balaban J connectivity index is 2.20. The van der Waals surface area contributed by atoms with Crippen LogP contribution in [0.5, 0.6) is 0 Å². The van der Waals surface area contributed by atoms with E-state index in [4.69, 9.17) is 23.2 Å². The number of aryl methyl sites for hydroxylation is 2. The molecule has 2 rings (SSSR count). The minimum Gasteiger partial charge on any atom is -0.376 e. The van der Waals surface area contributed by atoms with Crippen LogP contribution in [0.1, 0.15) is 31.1 Å². The van der Waals surface area contributed by atoms with Crippen molar-refractivity contribution in [3.8, 4) is 0 Å². The highest BCUT2D eigenvalue weighted by Gasteiger charge is 2.11. The Kier molecular flexibility index (Phi) is 4.38. The van der Waals surface area contributed by atoms with Crippen molar-refractivity contribution in [2.24, 2.45) is 7.05 Å². The topological polar surface area (TPSA) is 29.9 Å². The molecule has 0 saturated carbocycles. The standard InChI is InChI=1S/C14H17Cl2N3/c1-4-13-14(8-19(3)18-13)17-9(2)10-5-6-11(15)12(16)7-10/h5-9,17H,4H2,1-3H3. The first kappa shape index (κ1) is 14.2. The molecule has 1 heterocycles. The van der Waals surface area contributed by atoms with Gasteiger partial charge in [-0.05, 0) is 31.0 Å². The van der Waals surface area contributed by atoms with Crippen LogP contribution in [0.3, 0.4) is 0 Å². The van der Waals surface area contributed by atoms with Crippen molar-refractivity contribution in [1.29, 1.82) is 0 Å². The summed E-state index contributed by atoms with van der Waals surface area (Å²) >= 11 is 12.0. The van der Waals surface area contributed by atoms with Gasteiger partial charge in [0, 0.05) is 19.3 Å². The number of hydrogen-bond donors (Lipinski definition) is 1. The van der Waals surface area contributed by atoms with Gasteiger partial charge in [-0.15, -0.1) is 0 Å². The number of anilines is 1.